The molecule has 0 spiro atoms. The molecule has 1 N–H and O–H groups in total. The van der Waals surface area contributed by atoms with E-state index in [1.807, 2.05) is 0 Å². The number of carboxylic acid groups (broad SMARTS) is 1. The van der Waals surface area contributed by atoms with Gasteiger partial charge in [-0.25, -0.2) is 9.18 Å². The Morgan fingerprint density at radius 3 is 2.36 bits per heavy atom. The topological polar surface area (TPSA) is 63.6 Å². The quantitative estimate of drug-likeness (QED) is 0.512. The number of esters is 1. The molecule has 1 aliphatic rings. The minimum atomic E-state index is -1.09. The summed E-state index contributed by atoms with van der Waals surface area (Å²) in [6.07, 6.45) is 6.14. The summed E-state index contributed by atoms with van der Waals surface area (Å²) < 4.78 is 18.8. The first-order valence-corrected chi connectivity index (χ1v) is 9.83. The summed E-state index contributed by atoms with van der Waals surface area (Å²) in [6, 6.07) is 10.0. The fourth-order valence-corrected chi connectivity index (χ4v) is 3.94. The number of hydrogen-bond acceptors (Lipinski definition) is 3. The zero-order valence-corrected chi connectivity index (χ0v) is 16.0. The molecule has 28 heavy (non-hydrogen) atoms. The summed E-state index contributed by atoms with van der Waals surface area (Å²) in [4.78, 5) is 24.1. The van der Waals surface area contributed by atoms with Crippen LogP contribution < -0.4 is 4.74 Å². The zero-order chi connectivity index (χ0) is 20.1. The van der Waals surface area contributed by atoms with Gasteiger partial charge in [-0.05, 0) is 73.1 Å². The Hall–Kier alpha value is -2.69. The fraction of sp³-hybridized carbons (Fsp3) is 0.391. The molecule has 0 aliphatic heterocycles. The Bertz CT molecular complexity index is 836. The molecular weight excluding hydrogens is 359 g/mol. The van der Waals surface area contributed by atoms with Gasteiger partial charge in [-0.2, -0.15) is 0 Å². The number of benzene rings is 2. The second kappa shape index (κ2) is 9.00. The predicted molar refractivity (Wildman–Crippen MR) is 105 cm³/mol. The molecule has 0 unspecified atom stereocenters. The third-order valence-corrected chi connectivity index (χ3v) is 5.47. The van der Waals surface area contributed by atoms with E-state index in [2.05, 4.69) is 6.92 Å². The van der Waals surface area contributed by atoms with Crippen molar-refractivity contribution < 1.29 is 23.8 Å². The lowest BCUT2D eigenvalue weighted by Gasteiger charge is -2.26. The van der Waals surface area contributed by atoms with Crippen molar-refractivity contribution in [2.75, 3.05) is 0 Å². The molecule has 0 aromatic heterocycles. The third-order valence-electron chi connectivity index (χ3n) is 5.47. The molecular formula is C23H25FO4. The van der Waals surface area contributed by atoms with Gasteiger partial charge in [0, 0.05) is 0 Å². The minimum absolute atomic E-state index is 0.0754. The summed E-state index contributed by atoms with van der Waals surface area (Å²) in [6.45, 7) is 2.18. The summed E-state index contributed by atoms with van der Waals surface area (Å²) in [5.74, 6) is -0.850. The summed E-state index contributed by atoms with van der Waals surface area (Å²) in [5.41, 5.74) is 1.02. The zero-order valence-electron chi connectivity index (χ0n) is 16.0. The lowest BCUT2D eigenvalue weighted by Crippen LogP contribution is -2.25. The van der Waals surface area contributed by atoms with Gasteiger partial charge in [-0.3, -0.25) is 4.79 Å². The van der Waals surface area contributed by atoms with E-state index in [0.29, 0.717) is 22.8 Å². The lowest BCUT2D eigenvalue weighted by molar-refractivity contribution is -0.140. The van der Waals surface area contributed by atoms with E-state index in [1.54, 1.807) is 0 Å². The Balaban J connectivity index is 1.76. The van der Waals surface area contributed by atoms with Crippen LogP contribution in [0.25, 0.3) is 11.1 Å². The lowest BCUT2D eigenvalue weighted by atomic mass is 9.80. The van der Waals surface area contributed by atoms with Crippen molar-refractivity contribution in [3.63, 3.8) is 0 Å². The van der Waals surface area contributed by atoms with E-state index in [-0.39, 0.29) is 17.5 Å². The summed E-state index contributed by atoms with van der Waals surface area (Å²) >= 11 is 0. The van der Waals surface area contributed by atoms with Gasteiger partial charge in [0.05, 0.1) is 11.5 Å². The Labute approximate surface area is 164 Å². The van der Waals surface area contributed by atoms with Crippen LogP contribution in [0.1, 0.15) is 55.8 Å². The predicted octanol–water partition coefficient (Wildman–Crippen LogP) is 5.70. The molecule has 2 aromatic rings. The molecule has 4 nitrogen and oxygen atoms in total. The first kappa shape index (κ1) is 20.1. The van der Waals surface area contributed by atoms with E-state index in [1.165, 1.54) is 55.3 Å². The van der Waals surface area contributed by atoms with Crippen LogP contribution in [0.15, 0.2) is 42.5 Å². The maximum atomic E-state index is 13.2. The number of ether oxygens (including phenoxy) is 1. The Morgan fingerprint density at radius 2 is 1.75 bits per heavy atom. The van der Waals surface area contributed by atoms with E-state index < -0.39 is 11.8 Å². The fourth-order valence-electron chi connectivity index (χ4n) is 3.94. The standard InChI is InChI=1S/C23H25FO4/c1-2-3-15-4-6-17(7-5-15)23(27)28-19-12-13-20(22(25)26)21(14-19)16-8-10-18(24)11-9-16/h8-15,17H,2-7H2,1H3,(H,25,26)/t15-,17-. The first-order chi connectivity index (χ1) is 13.5. The second-order valence-electron chi connectivity index (χ2n) is 7.45. The Kier molecular flexibility index (Phi) is 6.45. The Morgan fingerprint density at radius 1 is 1.07 bits per heavy atom. The number of halogens is 1. The monoisotopic (exact) mass is 384 g/mol. The van der Waals surface area contributed by atoms with Gasteiger partial charge < -0.3 is 9.84 Å². The molecule has 2 aromatic carbocycles. The molecule has 1 fully saturated rings. The molecule has 0 amide bonds. The van der Waals surface area contributed by atoms with Crippen LogP contribution in [0.4, 0.5) is 4.39 Å². The van der Waals surface area contributed by atoms with Crippen molar-refractivity contribution in [3.05, 3.63) is 53.8 Å². The molecule has 148 valence electrons. The number of carbonyl (C=O) groups excluding carboxylic acids is 1. The van der Waals surface area contributed by atoms with Crippen molar-refractivity contribution in [2.45, 2.75) is 45.4 Å². The molecule has 0 saturated heterocycles. The third kappa shape index (κ3) is 4.77. The number of carboxylic acids is 1. The highest BCUT2D eigenvalue weighted by molar-refractivity contribution is 5.96. The van der Waals surface area contributed by atoms with Crippen LogP contribution in [-0.4, -0.2) is 17.0 Å². The molecule has 1 saturated carbocycles. The van der Waals surface area contributed by atoms with E-state index in [0.717, 1.165) is 25.7 Å². The molecule has 3 rings (SSSR count). The van der Waals surface area contributed by atoms with Crippen molar-refractivity contribution in [2.24, 2.45) is 11.8 Å². The van der Waals surface area contributed by atoms with Crippen LogP contribution in [0, 0.1) is 17.7 Å². The number of aromatic carboxylic acids is 1. The van der Waals surface area contributed by atoms with Crippen LogP contribution >= 0.6 is 0 Å². The maximum Gasteiger partial charge on any atom is 0.336 e. The highest BCUT2D eigenvalue weighted by Crippen LogP contribution is 2.33. The van der Waals surface area contributed by atoms with Crippen LogP contribution in [0.5, 0.6) is 5.75 Å². The molecule has 0 radical (unpaired) electrons. The highest BCUT2D eigenvalue weighted by atomic mass is 19.1. The normalized spacial score (nSPS) is 19.2. The van der Waals surface area contributed by atoms with Crippen molar-refractivity contribution >= 4 is 11.9 Å². The van der Waals surface area contributed by atoms with Crippen molar-refractivity contribution in [1.82, 2.24) is 0 Å². The number of rotatable bonds is 6. The SMILES string of the molecule is CCC[C@H]1CC[C@H](C(=O)Oc2ccc(C(=O)O)c(-c3ccc(F)cc3)c2)CC1. The van der Waals surface area contributed by atoms with Gasteiger partial charge in [-0.15, -0.1) is 0 Å². The molecule has 5 heteroatoms. The van der Waals surface area contributed by atoms with Gasteiger partial charge in [0.1, 0.15) is 11.6 Å². The van der Waals surface area contributed by atoms with Gasteiger partial charge in [0.25, 0.3) is 0 Å². The second-order valence-corrected chi connectivity index (χ2v) is 7.45. The van der Waals surface area contributed by atoms with E-state index in [4.69, 9.17) is 4.74 Å². The van der Waals surface area contributed by atoms with Crippen LogP contribution in [0.3, 0.4) is 0 Å². The smallest absolute Gasteiger partial charge is 0.336 e. The summed E-state index contributed by atoms with van der Waals surface area (Å²) in [7, 11) is 0. The molecule has 0 bridgehead atoms. The molecule has 0 heterocycles. The molecule has 1 aliphatic carbocycles. The van der Waals surface area contributed by atoms with Gasteiger partial charge in [0.15, 0.2) is 0 Å². The highest BCUT2D eigenvalue weighted by Gasteiger charge is 2.27. The van der Waals surface area contributed by atoms with Crippen LogP contribution in [0.2, 0.25) is 0 Å². The average Bonchev–Trinajstić information content (AvgIpc) is 2.69. The largest absolute Gasteiger partial charge is 0.478 e. The minimum Gasteiger partial charge on any atom is -0.478 e. The van der Waals surface area contributed by atoms with E-state index in [9.17, 15) is 19.1 Å². The summed E-state index contributed by atoms with van der Waals surface area (Å²) in [5, 5.41) is 9.44. The maximum absolute atomic E-state index is 13.2. The van der Waals surface area contributed by atoms with Crippen LogP contribution in [-0.2, 0) is 4.79 Å². The van der Waals surface area contributed by atoms with Gasteiger partial charge in [0.2, 0.25) is 0 Å². The number of hydrogen-bond donors (Lipinski definition) is 1. The molecule has 0 atom stereocenters. The van der Waals surface area contributed by atoms with E-state index >= 15 is 0 Å². The van der Waals surface area contributed by atoms with Crippen molar-refractivity contribution in [3.8, 4) is 16.9 Å². The first-order valence-electron chi connectivity index (χ1n) is 9.83. The number of carbonyl (C=O) groups is 2. The average molecular weight is 384 g/mol. The van der Waals surface area contributed by atoms with Crippen molar-refractivity contribution in [1.29, 1.82) is 0 Å². The van der Waals surface area contributed by atoms with Gasteiger partial charge >= 0.3 is 11.9 Å². The van der Waals surface area contributed by atoms with Gasteiger partial charge in [-0.1, -0.05) is 31.9 Å².